The first kappa shape index (κ1) is 25.2. The Bertz CT molecular complexity index is 1600. The summed E-state index contributed by atoms with van der Waals surface area (Å²) in [6.07, 6.45) is -2.16. The van der Waals surface area contributed by atoms with Gasteiger partial charge in [0.15, 0.2) is 11.8 Å². The van der Waals surface area contributed by atoms with E-state index in [0.29, 0.717) is 22.2 Å². The maximum absolute atomic E-state index is 13.9. The van der Waals surface area contributed by atoms with E-state index in [1.54, 1.807) is 69.3 Å². The predicted molar refractivity (Wildman–Crippen MR) is 138 cm³/mol. The van der Waals surface area contributed by atoms with Gasteiger partial charge in [0.05, 0.1) is 16.6 Å². The first-order chi connectivity index (χ1) is 18.6. The number of fused-ring (bicyclic) bond motifs is 6. The summed E-state index contributed by atoms with van der Waals surface area (Å²) < 4.78 is 7.38. The fourth-order valence-corrected chi connectivity index (χ4v) is 6.03. The van der Waals surface area contributed by atoms with Crippen LogP contribution in [0, 0.1) is 5.92 Å². The lowest BCUT2D eigenvalue weighted by molar-refractivity contribution is -0.221. The summed E-state index contributed by atoms with van der Waals surface area (Å²) in [6.45, 7) is 6.43. The molecular formula is C28H28N4O7. The number of anilines is 1. The number of aliphatic hydroxyl groups is 1. The summed E-state index contributed by atoms with van der Waals surface area (Å²) in [7, 11) is 0. The quantitative estimate of drug-likeness (QED) is 0.503. The summed E-state index contributed by atoms with van der Waals surface area (Å²) in [6, 6.07) is 11.8. The molecular weight excluding hydrogens is 504 g/mol. The lowest BCUT2D eigenvalue weighted by atomic mass is 9.88. The number of carbonyl (C=O) groups is 3. The number of hydroxylamine groups is 2. The van der Waals surface area contributed by atoms with Crippen LogP contribution in [0.1, 0.15) is 57.6 Å². The Hall–Kier alpha value is -4.09. The van der Waals surface area contributed by atoms with Crippen LogP contribution in [-0.2, 0) is 29.6 Å². The molecule has 0 radical (unpaired) electrons. The van der Waals surface area contributed by atoms with Crippen LogP contribution >= 0.6 is 0 Å². The van der Waals surface area contributed by atoms with Crippen LogP contribution in [0.5, 0.6) is 0 Å². The molecule has 1 aromatic heterocycles. The molecule has 0 aliphatic carbocycles. The van der Waals surface area contributed by atoms with Gasteiger partial charge in [-0.1, -0.05) is 44.2 Å². The molecule has 1 amide bonds. The van der Waals surface area contributed by atoms with E-state index in [0.717, 1.165) is 0 Å². The van der Waals surface area contributed by atoms with Crippen molar-refractivity contribution in [3.8, 4) is 0 Å². The Morgan fingerprint density at radius 2 is 1.82 bits per heavy atom. The van der Waals surface area contributed by atoms with Gasteiger partial charge in [-0.05, 0) is 31.0 Å². The summed E-state index contributed by atoms with van der Waals surface area (Å²) >= 11 is 0. The minimum Gasteiger partial charge on any atom is -0.449 e. The normalized spacial score (nSPS) is 26.8. The molecule has 0 unspecified atom stereocenters. The standard InChI is InChI=1S/C28H28N4O7/c1-14(2)22(34)23-29-19-11-7-5-9-17(19)25(36)30(23)21-13-28(38-26(21)37)18-10-6-8-12-20(18)31-24(35)15(3)32(27(28)31)39-16(4)33/h5-12,14-15,21-22,27,34H,13H2,1-4H3/t15-,21-,22-,27-,28+/m1/s1. The number of benzene rings is 2. The highest BCUT2D eigenvalue weighted by Crippen LogP contribution is 2.57. The van der Waals surface area contributed by atoms with E-state index in [4.69, 9.17) is 9.57 Å². The van der Waals surface area contributed by atoms with Crippen molar-refractivity contribution >= 4 is 34.4 Å². The number of hydrogen-bond donors (Lipinski definition) is 1. The number of nitrogens with zero attached hydrogens (tertiary/aromatic N) is 4. The maximum atomic E-state index is 13.9. The molecule has 11 heteroatoms. The van der Waals surface area contributed by atoms with Crippen LogP contribution in [-0.4, -0.2) is 49.8 Å². The molecule has 3 aliphatic rings. The third-order valence-corrected chi connectivity index (χ3v) is 7.83. The highest BCUT2D eigenvalue weighted by molar-refractivity contribution is 6.03. The van der Waals surface area contributed by atoms with Crippen molar-refractivity contribution in [2.45, 2.75) is 64.1 Å². The largest absolute Gasteiger partial charge is 0.449 e. The second kappa shape index (κ2) is 8.72. The van der Waals surface area contributed by atoms with Crippen molar-refractivity contribution in [1.29, 1.82) is 0 Å². The molecule has 2 fully saturated rings. The van der Waals surface area contributed by atoms with Crippen molar-refractivity contribution < 1.29 is 29.1 Å². The monoisotopic (exact) mass is 532 g/mol. The molecule has 11 nitrogen and oxygen atoms in total. The van der Waals surface area contributed by atoms with Crippen LogP contribution < -0.4 is 10.5 Å². The lowest BCUT2D eigenvalue weighted by Crippen LogP contribution is -2.51. The van der Waals surface area contributed by atoms with Crippen LogP contribution in [0.4, 0.5) is 5.69 Å². The smallest absolute Gasteiger partial charge is 0.330 e. The SMILES string of the molecule is CC(=O)ON1[C@H](C)C(=O)N2c3ccccc3[C@@]3(C[C@@H](n4c([C@H](O)C(C)C)nc5ccccc5c4=O)C(=O)O3)[C@H]21. The Kier molecular flexibility index (Phi) is 5.63. The van der Waals surface area contributed by atoms with Crippen LogP contribution in [0.3, 0.4) is 0 Å². The number of ether oxygens (including phenoxy) is 1. The summed E-state index contributed by atoms with van der Waals surface area (Å²) in [5, 5.41) is 12.7. The molecule has 5 atom stereocenters. The minimum atomic E-state index is -1.45. The highest BCUT2D eigenvalue weighted by atomic mass is 16.7. The van der Waals surface area contributed by atoms with Gasteiger partial charge in [0, 0.05) is 18.9 Å². The molecule has 39 heavy (non-hydrogen) atoms. The first-order valence-electron chi connectivity index (χ1n) is 12.9. The summed E-state index contributed by atoms with van der Waals surface area (Å²) in [5.41, 5.74) is -0.419. The van der Waals surface area contributed by atoms with E-state index >= 15 is 0 Å². The topological polar surface area (TPSA) is 131 Å². The average molecular weight is 533 g/mol. The van der Waals surface area contributed by atoms with Crippen LogP contribution in [0.25, 0.3) is 10.9 Å². The van der Waals surface area contributed by atoms with Gasteiger partial charge < -0.3 is 14.7 Å². The fourth-order valence-electron chi connectivity index (χ4n) is 6.03. The van der Waals surface area contributed by atoms with Gasteiger partial charge in [0.1, 0.15) is 24.0 Å². The van der Waals surface area contributed by atoms with E-state index in [2.05, 4.69) is 4.98 Å². The number of aliphatic hydroxyl groups excluding tert-OH is 1. The number of para-hydroxylation sites is 2. The lowest BCUT2D eigenvalue weighted by Gasteiger charge is -2.34. The van der Waals surface area contributed by atoms with Gasteiger partial charge in [-0.15, -0.1) is 5.06 Å². The molecule has 2 saturated heterocycles. The molecule has 3 aromatic rings. The van der Waals surface area contributed by atoms with E-state index < -0.39 is 47.5 Å². The second-order valence-electron chi connectivity index (χ2n) is 10.6. The molecule has 1 spiro atoms. The average Bonchev–Trinajstić information content (AvgIpc) is 3.48. The second-order valence-corrected chi connectivity index (χ2v) is 10.6. The van der Waals surface area contributed by atoms with Crippen LogP contribution in [0.15, 0.2) is 53.3 Å². The number of hydrogen-bond acceptors (Lipinski definition) is 9. The Balaban J connectivity index is 1.55. The van der Waals surface area contributed by atoms with Gasteiger partial charge in [-0.25, -0.2) is 9.78 Å². The third-order valence-electron chi connectivity index (χ3n) is 7.83. The van der Waals surface area contributed by atoms with Gasteiger partial charge in [0.2, 0.25) is 5.91 Å². The van der Waals surface area contributed by atoms with Gasteiger partial charge in [-0.2, -0.15) is 0 Å². The molecule has 0 bridgehead atoms. The number of amides is 1. The van der Waals surface area contributed by atoms with Crippen molar-refractivity contribution in [2.24, 2.45) is 5.92 Å². The van der Waals surface area contributed by atoms with Gasteiger partial charge in [0.25, 0.3) is 5.56 Å². The molecule has 2 aromatic carbocycles. The zero-order valence-electron chi connectivity index (χ0n) is 21.9. The van der Waals surface area contributed by atoms with Crippen molar-refractivity contribution in [3.05, 3.63) is 70.3 Å². The van der Waals surface area contributed by atoms with E-state index in [-0.39, 0.29) is 24.1 Å². The zero-order chi connectivity index (χ0) is 27.8. The predicted octanol–water partition coefficient (Wildman–Crippen LogP) is 2.32. The number of carbonyl (C=O) groups excluding carboxylic acids is 3. The molecule has 1 N–H and O–H groups in total. The third kappa shape index (κ3) is 3.46. The van der Waals surface area contributed by atoms with Crippen molar-refractivity contribution in [1.82, 2.24) is 14.6 Å². The van der Waals surface area contributed by atoms with Crippen LogP contribution in [0.2, 0.25) is 0 Å². The molecule has 3 aliphatic heterocycles. The molecule has 202 valence electrons. The van der Waals surface area contributed by atoms with Gasteiger partial charge >= 0.3 is 11.9 Å². The van der Waals surface area contributed by atoms with E-state index in [9.17, 15) is 24.3 Å². The van der Waals surface area contributed by atoms with E-state index in [1.165, 1.54) is 21.5 Å². The highest BCUT2D eigenvalue weighted by Gasteiger charge is 2.68. The molecule has 4 heterocycles. The zero-order valence-corrected chi connectivity index (χ0v) is 21.9. The number of esters is 1. The number of aromatic nitrogens is 2. The Morgan fingerprint density at radius 3 is 2.54 bits per heavy atom. The Labute approximate surface area is 223 Å². The van der Waals surface area contributed by atoms with Gasteiger partial charge in [-0.3, -0.25) is 23.9 Å². The number of rotatable bonds is 4. The first-order valence-corrected chi connectivity index (χ1v) is 12.9. The fraction of sp³-hybridized carbons (Fsp3) is 0.393. The Morgan fingerprint density at radius 1 is 1.13 bits per heavy atom. The summed E-state index contributed by atoms with van der Waals surface area (Å²) in [5.74, 6) is -1.89. The molecule has 0 saturated carbocycles. The van der Waals surface area contributed by atoms with Crippen molar-refractivity contribution in [2.75, 3.05) is 4.90 Å². The summed E-state index contributed by atoms with van der Waals surface area (Å²) in [4.78, 5) is 64.6. The molecule has 6 rings (SSSR count). The minimum absolute atomic E-state index is 0.0560. The maximum Gasteiger partial charge on any atom is 0.330 e. The van der Waals surface area contributed by atoms with Crippen molar-refractivity contribution in [3.63, 3.8) is 0 Å². The van der Waals surface area contributed by atoms with E-state index in [1.807, 2.05) is 0 Å².